The Bertz CT molecular complexity index is 1340. The first kappa shape index (κ1) is 22.4. The predicted octanol–water partition coefficient (Wildman–Crippen LogP) is 3.81. The van der Waals surface area contributed by atoms with E-state index in [1.807, 2.05) is 35.2 Å². The molecule has 8 nitrogen and oxygen atoms in total. The number of rotatable bonds is 6. The molecule has 0 bridgehead atoms. The summed E-state index contributed by atoms with van der Waals surface area (Å²) in [6, 6.07) is 16.7. The van der Waals surface area contributed by atoms with Crippen molar-refractivity contribution in [1.29, 1.82) is 0 Å². The number of Topliss-reactive ketones (excluding diaryl/α,β-unsaturated/α-hetero) is 1. The highest BCUT2D eigenvalue weighted by molar-refractivity contribution is 6.52. The fourth-order valence-corrected chi connectivity index (χ4v) is 5.63. The summed E-state index contributed by atoms with van der Waals surface area (Å²) in [7, 11) is 0. The Morgan fingerprint density at radius 2 is 1.67 bits per heavy atom. The third-order valence-electron chi connectivity index (χ3n) is 7.45. The Balaban J connectivity index is 1.25. The average molecular weight is 482 g/mol. The molecular formula is C28H27N5O3. The molecule has 2 aliphatic heterocycles. The number of amides is 2. The number of aromatic nitrogens is 3. The number of carbonyl (C=O) groups excluding carboxylic acids is 3. The first-order valence-corrected chi connectivity index (χ1v) is 12.5. The highest BCUT2D eigenvalue weighted by atomic mass is 16.2. The third-order valence-corrected chi connectivity index (χ3v) is 7.45. The number of hydrogen-bond acceptors (Lipinski definition) is 5. The van der Waals surface area contributed by atoms with E-state index in [9.17, 15) is 14.4 Å². The van der Waals surface area contributed by atoms with Gasteiger partial charge < -0.3 is 4.90 Å². The number of carbonyl (C=O) groups is 3. The van der Waals surface area contributed by atoms with Crippen molar-refractivity contribution in [2.24, 2.45) is 0 Å². The molecular weight excluding hydrogens is 454 g/mol. The normalized spacial score (nSPS) is 22.4. The molecule has 3 aromatic rings. The molecule has 0 radical (unpaired) electrons. The molecule has 1 aliphatic carbocycles. The Hall–Kier alpha value is -4.07. The summed E-state index contributed by atoms with van der Waals surface area (Å²) in [5.41, 5.74) is 2.59. The predicted molar refractivity (Wildman–Crippen MR) is 134 cm³/mol. The van der Waals surface area contributed by atoms with Crippen molar-refractivity contribution in [3.05, 3.63) is 83.7 Å². The van der Waals surface area contributed by atoms with E-state index in [2.05, 4.69) is 22.5 Å². The van der Waals surface area contributed by atoms with Crippen LogP contribution < -0.4 is 4.90 Å². The minimum absolute atomic E-state index is 0.0545. The van der Waals surface area contributed by atoms with Crippen LogP contribution >= 0.6 is 0 Å². The molecule has 2 aromatic carbocycles. The van der Waals surface area contributed by atoms with E-state index in [1.54, 1.807) is 35.1 Å². The summed E-state index contributed by atoms with van der Waals surface area (Å²) in [6.45, 7) is 0.124. The summed E-state index contributed by atoms with van der Waals surface area (Å²) < 4.78 is 1.62. The van der Waals surface area contributed by atoms with Gasteiger partial charge in [0.15, 0.2) is 6.04 Å². The van der Waals surface area contributed by atoms with Gasteiger partial charge in [0.1, 0.15) is 5.69 Å². The molecule has 2 atom stereocenters. The van der Waals surface area contributed by atoms with Crippen molar-refractivity contribution in [3.8, 4) is 0 Å². The lowest BCUT2D eigenvalue weighted by atomic mass is 9.85. The summed E-state index contributed by atoms with van der Waals surface area (Å²) in [4.78, 5) is 41.7. The zero-order chi connectivity index (χ0) is 24.6. The number of para-hydroxylation sites is 1. The fraction of sp³-hybridized carbons (Fsp3) is 0.321. The molecule has 182 valence electrons. The first-order chi connectivity index (χ1) is 17.6. The van der Waals surface area contributed by atoms with E-state index in [1.165, 1.54) is 11.3 Å². The molecule has 2 fully saturated rings. The molecule has 3 heterocycles. The maximum Gasteiger partial charge on any atom is 0.299 e. The van der Waals surface area contributed by atoms with E-state index >= 15 is 0 Å². The standard InChI is InChI=1S/C28H27N5O3/c34-26-22-13-7-8-14-23(22)31(28(26)36)17-20-18-32(30-29-20)25-24(16-15-19-9-3-1-4-10-19)33(27(25)35)21-11-5-2-6-12-21/h1,3-4,7-10,13-16,18,21,24-25H,2,5-6,11-12,17H2/b16-15+/t24-,25+/m1/s1. The van der Waals surface area contributed by atoms with E-state index in [-0.39, 0.29) is 24.5 Å². The summed E-state index contributed by atoms with van der Waals surface area (Å²) in [5.74, 6) is -1.03. The van der Waals surface area contributed by atoms with Crippen LogP contribution in [0.2, 0.25) is 0 Å². The van der Waals surface area contributed by atoms with Crippen molar-refractivity contribution in [2.75, 3.05) is 4.90 Å². The number of benzene rings is 2. The van der Waals surface area contributed by atoms with Crippen LogP contribution in [-0.4, -0.2) is 49.6 Å². The number of fused-ring (bicyclic) bond motifs is 1. The van der Waals surface area contributed by atoms with Crippen LogP contribution in [-0.2, 0) is 16.1 Å². The maximum atomic E-state index is 13.4. The van der Waals surface area contributed by atoms with Crippen LogP contribution in [0.25, 0.3) is 6.08 Å². The van der Waals surface area contributed by atoms with E-state index in [4.69, 9.17) is 0 Å². The van der Waals surface area contributed by atoms with Gasteiger partial charge in [-0.1, -0.05) is 79.1 Å². The van der Waals surface area contributed by atoms with Crippen LogP contribution in [0.1, 0.15) is 59.8 Å². The summed E-state index contributed by atoms with van der Waals surface area (Å²) >= 11 is 0. The van der Waals surface area contributed by atoms with Crippen LogP contribution in [0, 0.1) is 0 Å². The minimum atomic E-state index is -0.572. The molecule has 2 amide bonds. The Morgan fingerprint density at radius 1 is 0.917 bits per heavy atom. The molecule has 0 N–H and O–H groups in total. The number of hydrogen-bond donors (Lipinski definition) is 0. The lowest BCUT2D eigenvalue weighted by molar-refractivity contribution is -0.157. The third kappa shape index (κ3) is 3.82. The molecule has 8 heteroatoms. The topological polar surface area (TPSA) is 88.4 Å². The zero-order valence-electron chi connectivity index (χ0n) is 19.9. The number of β-lactam (4-membered cyclic amide) rings is 1. The molecule has 1 saturated carbocycles. The SMILES string of the molecule is O=C1C(=O)N(Cc2cn([C@@H]3C(=O)N(C4CCCCC4)[C@@H]3/C=C/c3ccccc3)nn2)c2ccccc21. The van der Waals surface area contributed by atoms with Gasteiger partial charge in [-0.25, -0.2) is 4.68 Å². The highest BCUT2D eigenvalue weighted by Crippen LogP contribution is 2.38. The smallest absolute Gasteiger partial charge is 0.299 e. The second-order valence-corrected chi connectivity index (χ2v) is 9.67. The Kier molecular flexibility index (Phi) is 5.71. The van der Waals surface area contributed by atoms with Gasteiger partial charge in [-0.3, -0.25) is 19.3 Å². The fourth-order valence-electron chi connectivity index (χ4n) is 5.63. The maximum absolute atomic E-state index is 13.4. The second-order valence-electron chi connectivity index (χ2n) is 9.67. The quantitative estimate of drug-likeness (QED) is 0.395. The minimum Gasteiger partial charge on any atom is -0.329 e. The molecule has 0 spiro atoms. The monoisotopic (exact) mass is 481 g/mol. The van der Waals surface area contributed by atoms with E-state index in [0.717, 1.165) is 31.2 Å². The number of anilines is 1. The van der Waals surface area contributed by atoms with Gasteiger partial charge in [0.2, 0.25) is 0 Å². The number of likely N-dealkylation sites (tertiary alicyclic amines) is 1. The summed E-state index contributed by atoms with van der Waals surface area (Å²) in [6.07, 6.45) is 11.4. The van der Waals surface area contributed by atoms with Gasteiger partial charge in [0.05, 0.1) is 30.0 Å². The van der Waals surface area contributed by atoms with E-state index < -0.39 is 17.7 Å². The number of ketones is 1. The first-order valence-electron chi connectivity index (χ1n) is 12.5. The van der Waals surface area contributed by atoms with Crippen molar-refractivity contribution >= 4 is 29.4 Å². The molecule has 1 saturated heterocycles. The lowest BCUT2D eigenvalue weighted by Crippen LogP contribution is -2.64. The highest BCUT2D eigenvalue weighted by Gasteiger charge is 2.50. The van der Waals surface area contributed by atoms with Crippen molar-refractivity contribution < 1.29 is 14.4 Å². The van der Waals surface area contributed by atoms with Crippen LogP contribution in [0.3, 0.4) is 0 Å². The van der Waals surface area contributed by atoms with Gasteiger partial charge in [-0.2, -0.15) is 0 Å². The van der Waals surface area contributed by atoms with Crippen LogP contribution in [0.15, 0.2) is 66.9 Å². The number of nitrogens with zero attached hydrogens (tertiary/aromatic N) is 5. The Morgan fingerprint density at radius 3 is 2.47 bits per heavy atom. The van der Waals surface area contributed by atoms with Crippen LogP contribution in [0.5, 0.6) is 0 Å². The zero-order valence-corrected chi connectivity index (χ0v) is 19.9. The largest absolute Gasteiger partial charge is 0.329 e. The van der Waals surface area contributed by atoms with Gasteiger partial charge in [-0.05, 0) is 30.5 Å². The van der Waals surface area contributed by atoms with Gasteiger partial charge in [0, 0.05) is 6.04 Å². The molecule has 36 heavy (non-hydrogen) atoms. The van der Waals surface area contributed by atoms with Gasteiger partial charge >= 0.3 is 0 Å². The molecule has 0 unspecified atom stereocenters. The van der Waals surface area contributed by atoms with Gasteiger partial charge in [0.25, 0.3) is 17.6 Å². The van der Waals surface area contributed by atoms with Crippen molar-refractivity contribution in [3.63, 3.8) is 0 Å². The average Bonchev–Trinajstić information content (AvgIpc) is 3.46. The second kappa shape index (κ2) is 9.18. The van der Waals surface area contributed by atoms with Crippen LogP contribution in [0.4, 0.5) is 5.69 Å². The molecule has 6 rings (SSSR count). The Labute approximate surface area is 209 Å². The van der Waals surface area contributed by atoms with Crippen molar-refractivity contribution in [1.82, 2.24) is 19.9 Å². The molecule has 1 aromatic heterocycles. The summed E-state index contributed by atoms with van der Waals surface area (Å²) in [5, 5.41) is 8.53. The lowest BCUT2D eigenvalue weighted by Gasteiger charge is -2.50. The van der Waals surface area contributed by atoms with E-state index in [0.29, 0.717) is 16.9 Å². The van der Waals surface area contributed by atoms with Crippen molar-refractivity contribution in [2.45, 2.75) is 56.8 Å². The molecule has 3 aliphatic rings. The van der Waals surface area contributed by atoms with Gasteiger partial charge in [-0.15, -0.1) is 5.10 Å².